The summed E-state index contributed by atoms with van der Waals surface area (Å²) in [6.45, 7) is 0.301. The molecule has 0 unspecified atom stereocenters. The average Bonchev–Trinajstić information content (AvgIpc) is 3.00. The number of aromatic amines is 1. The van der Waals surface area contributed by atoms with Gasteiger partial charge in [0.05, 0.1) is 6.61 Å². The highest BCUT2D eigenvalue weighted by molar-refractivity contribution is 7.89. The summed E-state index contributed by atoms with van der Waals surface area (Å²) in [6, 6.07) is 10.9. The largest absolute Gasteiger partial charge is 0.392 e. The van der Waals surface area contributed by atoms with Crippen LogP contribution in [0.1, 0.15) is 11.1 Å². The monoisotopic (exact) mass is 331 g/mol. The van der Waals surface area contributed by atoms with Crippen molar-refractivity contribution in [2.24, 2.45) is 0 Å². The highest BCUT2D eigenvalue weighted by Crippen LogP contribution is 2.20. The van der Waals surface area contributed by atoms with Crippen LogP contribution in [0.2, 0.25) is 0 Å². The van der Waals surface area contributed by atoms with E-state index in [9.17, 15) is 8.42 Å². The van der Waals surface area contributed by atoms with Gasteiger partial charge in [-0.2, -0.15) is 0 Å². The zero-order valence-corrected chi connectivity index (χ0v) is 13.2. The summed E-state index contributed by atoms with van der Waals surface area (Å²) in [6.07, 6.45) is 3.64. The summed E-state index contributed by atoms with van der Waals surface area (Å²) < 4.78 is 27.4. The van der Waals surface area contributed by atoms with Gasteiger partial charge in [0.15, 0.2) is 0 Å². The average molecular weight is 331 g/mol. The minimum absolute atomic E-state index is 0.00150. The molecule has 3 aromatic rings. The van der Waals surface area contributed by atoms with E-state index in [4.69, 9.17) is 5.11 Å². The van der Waals surface area contributed by atoms with E-state index in [1.807, 2.05) is 24.3 Å². The number of fused-ring (bicyclic) bond motifs is 1. The molecule has 0 aliphatic rings. The summed E-state index contributed by atoms with van der Waals surface area (Å²) >= 11 is 0. The topological polar surface area (TPSA) is 95.1 Å². The van der Waals surface area contributed by atoms with Crippen molar-refractivity contribution in [1.82, 2.24) is 14.7 Å². The van der Waals surface area contributed by atoms with Crippen molar-refractivity contribution in [3.63, 3.8) is 0 Å². The number of hydrogen-bond acceptors (Lipinski definition) is 4. The predicted octanol–water partition coefficient (Wildman–Crippen LogP) is 1.58. The molecule has 6 nitrogen and oxygen atoms in total. The van der Waals surface area contributed by atoms with E-state index in [0.29, 0.717) is 24.0 Å². The first-order valence-electron chi connectivity index (χ1n) is 7.20. The predicted molar refractivity (Wildman–Crippen MR) is 87.4 cm³/mol. The quantitative estimate of drug-likeness (QED) is 0.639. The van der Waals surface area contributed by atoms with Crippen molar-refractivity contribution < 1.29 is 13.5 Å². The lowest BCUT2D eigenvalue weighted by Gasteiger charge is -2.06. The third-order valence-electron chi connectivity index (χ3n) is 3.61. The molecule has 0 bridgehead atoms. The van der Waals surface area contributed by atoms with Gasteiger partial charge in [0.1, 0.15) is 10.5 Å². The van der Waals surface area contributed by atoms with E-state index >= 15 is 0 Å². The van der Waals surface area contributed by atoms with Crippen LogP contribution in [0.4, 0.5) is 0 Å². The van der Waals surface area contributed by atoms with E-state index in [1.165, 1.54) is 6.20 Å². The number of H-pyrrole nitrogens is 1. The molecular formula is C16H17N3O3S. The molecule has 1 aromatic carbocycles. The molecule has 23 heavy (non-hydrogen) atoms. The molecule has 2 aromatic heterocycles. The molecule has 0 atom stereocenters. The number of nitrogens with zero attached hydrogens (tertiary/aromatic N) is 1. The summed E-state index contributed by atoms with van der Waals surface area (Å²) in [5, 5.41) is 9.58. The van der Waals surface area contributed by atoms with Gasteiger partial charge in [-0.15, -0.1) is 0 Å². The zero-order valence-electron chi connectivity index (χ0n) is 12.4. The number of hydrogen-bond donors (Lipinski definition) is 3. The molecule has 7 heteroatoms. The van der Waals surface area contributed by atoms with E-state index in [2.05, 4.69) is 14.7 Å². The minimum Gasteiger partial charge on any atom is -0.392 e. The SMILES string of the molecule is O=S(=O)(NCCc1ccc(CO)cc1)c1c[nH]c2ncccc12. The Bertz CT molecular complexity index is 902. The minimum atomic E-state index is -3.59. The molecule has 0 aliphatic carbocycles. The van der Waals surface area contributed by atoms with Crippen molar-refractivity contribution >= 4 is 21.1 Å². The summed E-state index contributed by atoms with van der Waals surface area (Å²) in [5.41, 5.74) is 2.39. The van der Waals surface area contributed by atoms with Crippen LogP contribution < -0.4 is 4.72 Å². The van der Waals surface area contributed by atoms with Crippen LogP contribution in [0.15, 0.2) is 53.7 Å². The molecule has 0 aliphatic heterocycles. The molecule has 0 spiro atoms. The maximum absolute atomic E-state index is 12.4. The van der Waals surface area contributed by atoms with Crippen molar-refractivity contribution in [1.29, 1.82) is 0 Å². The lowest BCUT2D eigenvalue weighted by molar-refractivity contribution is 0.282. The van der Waals surface area contributed by atoms with E-state index in [-0.39, 0.29) is 11.5 Å². The molecular weight excluding hydrogens is 314 g/mol. The Hall–Kier alpha value is -2.22. The van der Waals surface area contributed by atoms with E-state index in [0.717, 1.165) is 11.1 Å². The van der Waals surface area contributed by atoms with Gasteiger partial charge < -0.3 is 10.1 Å². The number of aromatic nitrogens is 2. The zero-order chi connectivity index (χ0) is 16.3. The van der Waals surface area contributed by atoms with Gasteiger partial charge >= 0.3 is 0 Å². The molecule has 3 N–H and O–H groups in total. The Morgan fingerprint density at radius 1 is 1.13 bits per heavy atom. The highest BCUT2D eigenvalue weighted by Gasteiger charge is 2.18. The van der Waals surface area contributed by atoms with Crippen molar-refractivity contribution in [2.45, 2.75) is 17.9 Å². The Morgan fingerprint density at radius 3 is 2.61 bits per heavy atom. The maximum Gasteiger partial charge on any atom is 0.242 e. The third-order valence-corrected chi connectivity index (χ3v) is 5.11. The number of benzene rings is 1. The molecule has 0 radical (unpaired) electrons. The van der Waals surface area contributed by atoms with Gasteiger partial charge in [0.25, 0.3) is 0 Å². The molecule has 0 saturated carbocycles. The van der Waals surface area contributed by atoms with Crippen molar-refractivity contribution in [2.75, 3.05) is 6.54 Å². The van der Waals surface area contributed by atoms with Gasteiger partial charge in [-0.25, -0.2) is 18.1 Å². The Kier molecular flexibility index (Phi) is 4.42. The Labute approximate surface area is 134 Å². The number of aliphatic hydroxyl groups excluding tert-OH is 1. The van der Waals surface area contributed by atoms with Crippen molar-refractivity contribution in [3.05, 3.63) is 59.9 Å². The van der Waals surface area contributed by atoms with Crippen LogP contribution in [0.25, 0.3) is 11.0 Å². The normalized spacial score (nSPS) is 11.9. The van der Waals surface area contributed by atoms with Gasteiger partial charge in [0, 0.05) is 24.3 Å². The summed E-state index contributed by atoms with van der Waals surface area (Å²) in [4.78, 5) is 7.16. The fourth-order valence-corrected chi connectivity index (χ4v) is 3.57. The number of sulfonamides is 1. The second-order valence-corrected chi connectivity index (χ2v) is 6.91. The van der Waals surface area contributed by atoms with E-state index < -0.39 is 10.0 Å². The van der Waals surface area contributed by atoms with Crippen molar-refractivity contribution in [3.8, 4) is 0 Å². The fourth-order valence-electron chi connectivity index (χ4n) is 2.37. The lowest BCUT2D eigenvalue weighted by Crippen LogP contribution is -2.25. The molecule has 120 valence electrons. The summed E-state index contributed by atoms with van der Waals surface area (Å²) in [5.74, 6) is 0. The van der Waals surface area contributed by atoms with Gasteiger partial charge in [-0.1, -0.05) is 24.3 Å². The second kappa shape index (κ2) is 6.49. The molecule has 2 heterocycles. The first-order valence-corrected chi connectivity index (χ1v) is 8.69. The number of aliphatic hydroxyl groups is 1. The molecule has 3 rings (SSSR count). The van der Waals surface area contributed by atoms with Crippen LogP contribution in [-0.2, 0) is 23.1 Å². The third kappa shape index (κ3) is 3.42. The van der Waals surface area contributed by atoms with E-state index in [1.54, 1.807) is 18.3 Å². The second-order valence-electron chi connectivity index (χ2n) is 5.17. The van der Waals surface area contributed by atoms with Crippen LogP contribution in [-0.4, -0.2) is 30.0 Å². The van der Waals surface area contributed by atoms with Gasteiger partial charge in [0.2, 0.25) is 10.0 Å². The number of pyridine rings is 1. The Morgan fingerprint density at radius 2 is 1.87 bits per heavy atom. The van der Waals surface area contributed by atoms with Crippen LogP contribution in [0, 0.1) is 0 Å². The Balaban J connectivity index is 1.69. The number of nitrogens with one attached hydrogen (secondary N) is 2. The van der Waals surface area contributed by atoms with Crippen LogP contribution in [0.5, 0.6) is 0 Å². The van der Waals surface area contributed by atoms with Gasteiger partial charge in [-0.05, 0) is 29.7 Å². The van der Waals surface area contributed by atoms with Crippen LogP contribution in [0.3, 0.4) is 0 Å². The molecule has 0 amide bonds. The number of rotatable bonds is 6. The maximum atomic E-state index is 12.4. The fraction of sp³-hybridized carbons (Fsp3) is 0.188. The molecule has 0 fully saturated rings. The summed E-state index contributed by atoms with van der Waals surface area (Å²) in [7, 11) is -3.59. The first kappa shape index (κ1) is 15.7. The molecule has 0 saturated heterocycles. The smallest absolute Gasteiger partial charge is 0.242 e. The standard InChI is InChI=1S/C16H17N3O3S/c20-11-13-5-3-12(4-6-13)7-9-19-23(21,22)15-10-18-16-14(15)2-1-8-17-16/h1-6,8,10,19-20H,7,9,11H2,(H,17,18). The first-order chi connectivity index (χ1) is 11.1. The van der Waals surface area contributed by atoms with Crippen LogP contribution >= 0.6 is 0 Å². The highest BCUT2D eigenvalue weighted by atomic mass is 32.2. The van der Waals surface area contributed by atoms with Gasteiger partial charge in [-0.3, -0.25) is 0 Å². The lowest BCUT2D eigenvalue weighted by atomic mass is 10.1.